The molecule has 2 aromatic carbocycles. The molecular formula is C16H15Cl2FO. The number of rotatable bonds is 5. The lowest BCUT2D eigenvalue weighted by Crippen LogP contribution is -2.08. The fourth-order valence-corrected chi connectivity index (χ4v) is 2.70. The Balaban J connectivity index is 2.31. The molecule has 0 saturated carbocycles. The van der Waals surface area contributed by atoms with Crippen molar-refractivity contribution in [3.63, 3.8) is 0 Å². The van der Waals surface area contributed by atoms with Gasteiger partial charge in [-0.3, -0.25) is 0 Å². The van der Waals surface area contributed by atoms with Crippen molar-refractivity contribution >= 4 is 23.2 Å². The zero-order valence-corrected chi connectivity index (χ0v) is 12.6. The van der Waals surface area contributed by atoms with Crippen molar-refractivity contribution in [2.45, 2.75) is 12.3 Å². The van der Waals surface area contributed by atoms with Gasteiger partial charge in [-0.05, 0) is 41.8 Å². The summed E-state index contributed by atoms with van der Waals surface area (Å²) in [6.45, 7) is 0. The summed E-state index contributed by atoms with van der Waals surface area (Å²) in [6.07, 6.45) is 0.578. The SMILES string of the molecule is COc1ccc(Cl)cc1CC(CCl)c1ccccc1F. The first-order valence-corrected chi connectivity index (χ1v) is 7.19. The second-order valence-electron chi connectivity index (χ2n) is 4.53. The smallest absolute Gasteiger partial charge is 0.126 e. The number of hydrogen-bond acceptors (Lipinski definition) is 1. The Hall–Kier alpha value is -1.25. The van der Waals surface area contributed by atoms with Crippen LogP contribution in [0.4, 0.5) is 4.39 Å². The predicted molar refractivity (Wildman–Crippen MR) is 81.6 cm³/mol. The van der Waals surface area contributed by atoms with Gasteiger partial charge in [0.2, 0.25) is 0 Å². The number of ether oxygens (including phenoxy) is 1. The van der Waals surface area contributed by atoms with Crippen LogP contribution in [0.3, 0.4) is 0 Å². The third-order valence-corrected chi connectivity index (χ3v) is 3.85. The molecule has 0 fully saturated rings. The van der Waals surface area contributed by atoms with E-state index in [1.54, 1.807) is 25.3 Å². The standard InChI is InChI=1S/C16H15Cl2FO/c1-20-16-7-6-13(18)9-11(16)8-12(10-17)14-4-2-3-5-15(14)19/h2-7,9,12H,8,10H2,1H3. The van der Waals surface area contributed by atoms with Crippen molar-refractivity contribution in [1.82, 2.24) is 0 Å². The van der Waals surface area contributed by atoms with Gasteiger partial charge in [-0.1, -0.05) is 29.8 Å². The molecule has 0 bridgehead atoms. The maximum atomic E-state index is 13.9. The van der Waals surface area contributed by atoms with Crippen molar-refractivity contribution in [2.75, 3.05) is 13.0 Å². The van der Waals surface area contributed by atoms with Crippen LogP contribution in [-0.2, 0) is 6.42 Å². The van der Waals surface area contributed by atoms with E-state index >= 15 is 0 Å². The Morgan fingerprint density at radius 3 is 2.60 bits per heavy atom. The topological polar surface area (TPSA) is 9.23 Å². The molecule has 1 nitrogen and oxygen atoms in total. The molecule has 2 aromatic rings. The van der Waals surface area contributed by atoms with E-state index in [4.69, 9.17) is 27.9 Å². The van der Waals surface area contributed by atoms with Gasteiger partial charge in [0.05, 0.1) is 7.11 Å². The first-order valence-electron chi connectivity index (χ1n) is 6.28. The van der Waals surface area contributed by atoms with Gasteiger partial charge in [0.1, 0.15) is 11.6 Å². The lowest BCUT2D eigenvalue weighted by molar-refractivity contribution is 0.408. The molecule has 0 saturated heterocycles. The molecule has 20 heavy (non-hydrogen) atoms. The lowest BCUT2D eigenvalue weighted by atomic mass is 9.92. The summed E-state index contributed by atoms with van der Waals surface area (Å²) in [5.41, 5.74) is 1.54. The van der Waals surface area contributed by atoms with E-state index in [-0.39, 0.29) is 11.7 Å². The molecule has 0 heterocycles. The maximum absolute atomic E-state index is 13.9. The lowest BCUT2D eigenvalue weighted by Gasteiger charge is -2.17. The Morgan fingerprint density at radius 1 is 1.20 bits per heavy atom. The van der Waals surface area contributed by atoms with Crippen LogP contribution in [0, 0.1) is 5.82 Å². The van der Waals surface area contributed by atoms with E-state index in [9.17, 15) is 4.39 Å². The number of benzene rings is 2. The van der Waals surface area contributed by atoms with Gasteiger partial charge in [-0.2, -0.15) is 0 Å². The van der Waals surface area contributed by atoms with E-state index in [1.165, 1.54) is 6.07 Å². The number of alkyl halides is 1. The average molecular weight is 313 g/mol. The molecule has 4 heteroatoms. The molecule has 0 aliphatic carbocycles. The molecule has 0 amide bonds. The Morgan fingerprint density at radius 2 is 1.95 bits per heavy atom. The zero-order valence-electron chi connectivity index (χ0n) is 11.1. The Bertz CT molecular complexity index is 586. The van der Waals surface area contributed by atoms with Crippen LogP contribution in [0.2, 0.25) is 5.02 Å². The molecule has 0 aliphatic rings. The summed E-state index contributed by atoms with van der Waals surface area (Å²) in [5.74, 6) is 0.710. The van der Waals surface area contributed by atoms with Crippen molar-refractivity contribution in [3.05, 3.63) is 64.4 Å². The summed E-state index contributed by atoms with van der Waals surface area (Å²) < 4.78 is 19.2. The molecule has 2 rings (SSSR count). The highest BCUT2D eigenvalue weighted by Crippen LogP contribution is 2.30. The molecule has 0 radical (unpaired) electrons. The molecule has 1 unspecified atom stereocenters. The van der Waals surface area contributed by atoms with Crippen LogP contribution in [0.5, 0.6) is 5.75 Å². The van der Waals surface area contributed by atoms with Gasteiger partial charge < -0.3 is 4.74 Å². The first kappa shape index (κ1) is 15.1. The number of methoxy groups -OCH3 is 1. The molecule has 0 aromatic heterocycles. The van der Waals surface area contributed by atoms with Gasteiger partial charge >= 0.3 is 0 Å². The summed E-state index contributed by atoms with van der Waals surface area (Å²) in [5, 5.41) is 0.627. The monoisotopic (exact) mass is 312 g/mol. The van der Waals surface area contributed by atoms with Gasteiger partial charge in [0, 0.05) is 16.8 Å². The largest absolute Gasteiger partial charge is 0.496 e. The zero-order chi connectivity index (χ0) is 14.5. The minimum atomic E-state index is -0.237. The first-order chi connectivity index (χ1) is 9.65. The quantitative estimate of drug-likeness (QED) is 0.702. The fourth-order valence-electron chi connectivity index (χ4n) is 2.23. The third kappa shape index (κ3) is 3.44. The molecular weight excluding hydrogens is 298 g/mol. The summed E-state index contributed by atoms with van der Waals surface area (Å²) in [6, 6.07) is 12.1. The van der Waals surface area contributed by atoms with Crippen molar-refractivity contribution < 1.29 is 9.13 Å². The molecule has 0 spiro atoms. The van der Waals surface area contributed by atoms with E-state index in [0.717, 1.165) is 11.3 Å². The molecule has 0 aliphatic heterocycles. The van der Waals surface area contributed by atoms with Crippen molar-refractivity contribution in [2.24, 2.45) is 0 Å². The normalized spacial score (nSPS) is 12.2. The van der Waals surface area contributed by atoms with E-state index in [0.29, 0.717) is 22.9 Å². The second-order valence-corrected chi connectivity index (χ2v) is 5.28. The predicted octanol–water partition coefficient (Wildman–Crippen LogP) is 5.05. The highest BCUT2D eigenvalue weighted by Gasteiger charge is 2.17. The van der Waals surface area contributed by atoms with Gasteiger partial charge in [-0.25, -0.2) is 4.39 Å². The van der Waals surface area contributed by atoms with Crippen LogP contribution in [0.25, 0.3) is 0 Å². The summed E-state index contributed by atoms with van der Waals surface area (Å²) >= 11 is 12.0. The fraction of sp³-hybridized carbons (Fsp3) is 0.250. The van der Waals surface area contributed by atoms with E-state index in [1.807, 2.05) is 18.2 Å². The number of halogens is 3. The van der Waals surface area contributed by atoms with Crippen LogP contribution < -0.4 is 4.74 Å². The van der Waals surface area contributed by atoms with Crippen LogP contribution in [0.15, 0.2) is 42.5 Å². The highest BCUT2D eigenvalue weighted by molar-refractivity contribution is 6.30. The second kappa shape index (κ2) is 6.96. The number of hydrogen-bond donors (Lipinski definition) is 0. The molecule has 1 atom stereocenters. The maximum Gasteiger partial charge on any atom is 0.126 e. The minimum Gasteiger partial charge on any atom is -0.496 e. The summed E-state index contributed by atoms with van der Waals surface area (Å²) in [4.78, 5) is 0. The third-order valence-electron chi connectivity index (χ3n) is 3.24. The highest BCUT2D eigenvalue weighted by atomic mass is 35.5. The Labute approximate surface area is 128 Å². The molecule has 106 valence electrons. The van der Waals surface area contributed by atoms with Gasteiger partial charge in [0.25, 0.3) is 0 Å². The van der Waals surface area contributed by atoms with E-state index in [2.05, 4.69) is 0 Å². The van der Waals surface area contributed by atoms with Crippen LogP contribution in [0.1, 0.15) is 17.0 Å². The Kier molecular flexibility index (Phi) is 5.27. The van der Waals surface area contributed by atoms with Gasteiger partial charge in [-0.15, -0.1) is 11.6 Å². The summed E-state index contributed by atoms with van der Waals surface area (Å²) in [7, 11) is 1.60. The minimum absolute atomic E-state index is 0.120. The van der Waals surface area contributed by atoms with Crippen LogP contribution >= 0.6 is 23.2 Å². The van der Waals surface area contributed by atoms with Crippen LogP contribution in [-0.4, -0.2) is 13.0 Å². The van der Waals surface area contributed by atoms with E-state index < -0.39 is 0 Å². The van der Waals surface area contributed by atoms with Crippen molar-refractivity contribution in [1.29, 1.82) is 0 Å². The van der Waals surface area contributed by atoms with Crippen molar-refractivity contribution in [3.8, 4) is 5.75 Å². The average Bonchev–Trinajstić information content (AvgIpc) is 2.46. The van der Waals surface area contributed by atoms with Gasteiger partial charge in [0.15, 0.2) is 0 Å². The molecule has 0 N–H and O–H groups in total.